The first-order chi connectivity index (χ1) is 10.7. The van der Waals surface area contributed by atoms with E-state index in [0.717, 1.165) is 25.2 Å². The number of piperazine rings is 1. The number of ether oxygens (including phenoxy) is 2. The Labute approximate surface area is 132 Å². The third-order valence-corrected chi connectivity index (χ3v) is 4.21. The summed E-state index contributed by atoms with van der Waals surface area (Å²) in [6.07, 6.45) is 0. The van der Waals surface area contributed by atoms with E-state index in [0.29, 0.717) is 28.2 Å². The normalized spacial score (nSPS) is 21.3. The Hall–Kier alpha value is -1.83. The maximum atomic E-state index is 6.19. The molecule has 2 aliphatic rings. The van der Waals surface area contributed by atoms with Crippen LogP contribution in [0, 0.1) is 0 Å². The topological polar surface area (TPSA) is 72.7 Å². The largest absolute Gasteiger partial charge is 0.454 e. The van der Waals surface area contributed by atoms with Gasteiger partial charge in [0.25, 0.3) is 5.89 Å². The Morgan fingerprint density at radius 3 is 3.14 bits per heavy atom. The van der Waals surface area contributed by atoms with E-state index < -0.39 is 0 Å². The minimum Gasteiger partial charge on any atom is -0.454 e. The van der Waals surface area contributed by atoms with Crippen molar-refractivity contribution in [1.82, 2.24) is 20.4 Å². The number of halogens is 1. The van der Waals surface area contributed by atoms with Crippen molar-refractivity contribution in [1.29, 1.82) is 0 Å². The fraction of sp³-hybridized carbons (Fsp3) is 0.429. The van der Waals surface area contributed by atoms with E-state index in [9.17, 15) is 0 Å². The Kier molecular flexibility index (Phi) is 3.40. The molecule has 4 rings (SSSR count). The smallest absolute Gasteiger partial charge is 0.258 e. The van der Waals surface area contributed by atoms with Gasteiger partial charge < -0.3 is 19.3 Å². The van der Waals surface area contributed by atoms with E-state index in [1.54, 1.807) is 12.1 Å². The van der Waals surface area contributed by atoms with E-state index in [1.807, 2.05) is 0 Å². The molecule has 0 radical (unpaired) electrons. The molecule has 3 heterocycles. The molecule has 1 N–H and O–H groups in total. The van der Waals surface area contributed by atoms with Crippen LogP contribution in [-0.4, -0.2) is 48.5 Å². The number of rotatable bonds is 2. The summed E-state index contributed by atoms with van der Waals surface area (Å²) in [5, 5.41) is 7.92. The molecule has 7 nitrogen and oxygen atoms in total. The predicted molar refractivity (Wildman–Crippen MR) is 79.1 cm³/mol. The molecule has 8 heteroatoms. The van der Waals surface area contributed by atoms with Crippen LogP contribution in [0.15, 0.2) is 16.7 Å². The van der Waals surface area contributed by atoms with Gasteiger partial charge in [-0.2, -0.15) is 4.98 Å². The van der Waals surface area contributed by atoms with E-state index in [-0.39, 0.29) is 12.8 Å². The molecule has 0 saturated carbocycles. The van der Waals surface area contributed by atoms with Crippen molar-refractivity contribution >= 4 is 11.6 Å². The molecule has 0 aliphatic carbocycles. The number of aromatic nitrogens is 2. The van der Waals surface area contributed by atoms with Crippen LogP contribution >= 0.6 is 11.6 Å². The van der Waals surface area contributed by atoms with Gasteiger partial charge >= 0.3 is 0 Å². The molecular weight excluding hydrogens is 308 g/mol. The summed E-state index contributed by atoms with van der Waals surface area (Å²) in [4.78, 5) is 6.71. The lowest BCUT2D eigenvalue weighted by Gasteiger charge is -2.30. The summed E-state index contributed by atoms with van der Waals surface area (Å²) >= 11 is 6.19. The van der Waals surface area contributed by atoms with Crippen molar-refractivity contribution in [3.8, 4) is 23.0 Å². The lowest BCUT2D eigenvalue weighted by Crippen LogP contribution is -2.44. The van der Waals surface area contributed by atoms with Crippen LogP contribution < -0.4 is 14.8 Å². The fourth-order valence-electron chi connectivity index (χ4n) is 2.67. The molecule has 22 heavy (non-hydrogen) atoms. The van der Waals surface area contributed by atoms with Crippen molar-refractivity contribution in [2.75, 3.05) is 33.5 Å². The van der Waals surface area contributed by atoms with Crippen LogP contribution in [0.4, 0.5) is 0 Å². The number of nitrogens with one attached hydrogen (secondary N) is 1. The van der Waals surface area contributed by atoms with E-state index >= 15 is 0 Å². The standard InChI is InChI=1S/C14H15ClN4O3/c1-19-3-2-16-6-10(19)13-17-14(22-18-13)8-4-9(15)12-11(5-8)20-7-21-12/h4-5,10,16H,2-3,6-7H2,1H3. The zero-order valence-electron chi connectivity index (χ0n) is 12.0. The molecule has 2 aliphatic heterocycles. The maximum Gasteiger partial charge on any atom is 0.258 e. The van der Waals surface area contributed by atoms with Crippen molar-refractivity contribution < 1.29 is 14.0 Å². The zero-order valence-corrected chi connectivity index (χ0v) is 12.8. The summed E-state index contributed by atoms with van der Waals surface area (Å²) in [6, 6.07) is 3.65. The molecule has 0 bridgehead atoms. The van der Waals surface area contributed by atoms with Gasteiger partial charge in [0.15, 0.2) is 17.3 Å². The third kappa shape index (κ3) is 2.31. The number of hydrogen-bond acceptors (Lipinski definition) is 7. The third-order valence-electron chi connectivity index (χ3n) is 3.92. The molecule has 1 aromatic carbocycles. The average Bonchev–Trinajstić information content (AvgIpc) is 3.16. The lowest BCUT2D eigenvalue weighted by molar-refractivity contribution is 0.174. The number of nitrogens with zero attached hydrogens (tertiary/aromatic N) is 3. The van der Waals surface area contributed by atoms with Gasteiger partial charge in [-0.15, -0.1) is 0 Å². The van der Waals surface area contributed by atoms with Crippen LogP contribution in [0.5, 0.6) is 11.5 Å². The first kappa shape index (κ1) is 13.8. The fourth-order valence-corrected chi connectivity index (χ4v) is 2.94. The van der Waals surface area contributed by atoms with Crippen LogP contribution in [0.25, 0.3) is 11.5 Å². The number of benzene rings is 1. The highest BCUT2D eigenvalue weighted by Gasteiger charge is 2.26. The van der Waals surface area contributed by atoms with Gasteiger partial charge in [-0.25, -0.2) is 0 Å². The van der Waals surface area contributed by atoms with Gasteiger partial charge in [0.2, 0.25) is 6.79 Å². The van der Waals surface area contributed by atoms with Crippen LogP contribution in [0.1, 0.15) is 11.9 Å². The highest BCUT2D eigenvalue weighted by Crippen LogP contribution is 2.42. The van der Waals surface area contributed by atoms with E-state index in [1.165, 1.54) is 0 Å². The Balaban J connectivity index is 1.65. The molecule has 1 atom stereocenters. The molecule has 1 fully saturated rings. The molecular formula is C14H15ClN4O3. The van der Waals surface area contributed by atoms with Crippen molar-refractivity contribution in [3.05, 3.63) is 23.0 Å². The highest BCUT2D eigenvalue weighted by atomic mass is 35.5. The Morgan fingerprint density at radius 1 is 1.36 bits per heavy atom. The minimum atomic E-state index is 0.107. The number of fused-ring (bicyclic) bond motifs is 1. The second-order valence-corrected chi connectivity index (χ2v) is 5.76. The van der Waals surface area contributed by atoms with Gasteiger partial charge in [-0.3, -0.25) is 4.90 Å². The van der Waals surface area contributed by atoms with Crippen molar-refractivity contribution in [2.45, 2.75) is 6.04 Å². The summed E-state index contributed by atoms with van der Waals surface area (Å²) in [5.41, 5.74) is 0.722. The van der Waals surface area contributed by atoms with Crippen molar-refractivity contribution in [3.63, 3.8) is 0 Å². The van der Waals surface area contributed by atoms with Gasteiger partial charge in [0, 0.05) is 25.2 Å². The molecule has 1 aromatic heterocycles. The number of likely N-dealkylation sites (N-methyl/N-ethyl adjacent to an activating group) is 1. The monoisotopic (exact) mass is 322 g/mol. The van der Waals surface area contributed by atoms with Gasteiger partial charge in [-0.1, -0.05) is 16.8 Å². The molecule has 1 saturated heterocycles. The zero-order chi connectivity index (χ0) is 15.1. The van der Waals surface area contributed by atoms with E-state index in [2.05, 4.69) is 27.4 Å². The summed E-state index contributed by atoms with van der Waals surface area (Å²) in [5.74, 6) is 2.24. The molecule has 1 unspecified atom stereocenters. The molecule has 2 aromatic rings. The minimum absolute atomic E-state index is 0.107. The predicted octanol–water partition coefficient (Wildman–Crippen LogP) is 1.69. The molecule has 0 amide bonds. The Morgan fingerprint density at radius 2 is 2.27 bits per heavy atom. The average molecular weight is 323 g/mol. The number of hydrogen-bond donors (Lipinski definition) is 1. The summed E-state index contributed by atoms with van der Waals surface area (Å²) in [6.45, 7) is 2.89. The quantitative estimate of drug-likeness (QED) is 0.902. The van der Waals surface area contributed by atoms with E-state index in [4.69, 9.17) is 25.6 Å². The first-order valence-corrected chi connectivity index (χ1v) is 7.44. The van der Waals surface area contributed by atoms with Gasteiger partial charge in [0.05, 0.1) is 11.1 Å². The molecule has 116 valence electrons. The maximum absolute atomic E-state index is 6.19. The second kappa shape index (κ2) is 5.42. The Bertz CT molecular complexity index is 705. The van der Waals surface area contributed by atoms with Gasteiger partial charge in [-0.05, 0) is 19.2 Å². The SMILES string of the molecule is CN1CCNCC1c1noc(-c2cc(Cl)c3c(c2)OCO3)n1. The summed E-state index contributed by atoms with van der Waals surface area (Å²) < 4.78 is 16.1. The van der Waals surface area contributed by atoms with Crippen LogP contribution in [0.2, 0.25) is 5.02 Å². The second-order valence-electron chi connectivity index (χ2n) is 5.35. The lowest BCUT2D eigenvalue weighted by atomic mass is 10.2. The van der Waals surface area contributed by atoms with Crippen molar-refractivity contribution in [2.24, 2.45) is 0 Å². The first-order valence-electron chi connectivity index (χ1n) is 7.06. The highest BCUT2D eigenvalue weighted by molar-refractivity contribution is 6.32. The van der Waals surface area contributed by atoms with Crippen LogP contribution in [0.3, 0.4) is 0 Å². The van der Waals surface area contributed by atoms with Crippen LogP contribution in [-0.2, 0) is 0 Å². The molecule has 0 spiro atoms. The van der Waals surface area contributed by atoms with Gasteiger partial charge in [0.1, 0.15) is 0 Å². The summed E-state index contributed by atoms with van der Waals surface area (Å²) in [7, 11) is 2.05.